The second kappa shape index (κ2) is 7.57. The van der Waals surface area contributed by atoms with Gasteiger partial charge in [-0.2, -0.15) is 0 Å². The van der Waals surface area contributed by atoms with Gasteiger partial charge in [0.2, 0.25) is 5.91 Å². The summed E-state index contributed by atoms with van der Waals surface area (Å²) >= 11 is 1.36. The Hall–Kier alpha value is -1.92. The summed E-state index contributed by atoms with van der Waals surface area (Å²) in [5.74, 6) is -1.65. The Morgan fingerprint density at radius 2 is 1.91 bits per heavy atom. The average Bonchev–Trinajstić information content (AvgIpc) is 2.51. The minimum atomic E-state index is -1.62. The summed E-state index contributed by atoms with van der Waals surface area (Å²) in [6.07, 6.45) is 0. The molecular weight excluding hydrogens is 320 g/mol. The van der Waals surface area contributed by atoms with Gasteiger partial charge < -0.3 is 10.4 Å². The largest absolute Gasteiger partial charge is 0.383 e. The van der Waals surface area contributed by atoms with E-state index in [2.05, 4.69) is 5.32 Å². The van der Waals surface area contributed by atoms with Crippen LogP contribution in [-0.4, -0.2) is 23.3 Å². The summed E-state index contributed by atoms with van der Waals surface area (Å²) in [6, 6.07) is 12.4. The van der Waals surface area contributed by atoms with Gasteiger partial charge in [-0.1, -0.05) is 24.3 Å². The fraction of sp³-hybridized carbons (Fsp3) is 0.235. The minimum absolute atomic E-state index is 0.0603. The lowest BCUT2D eigenvalue weighted by Crippen LogP contribution is -2.39. The third-order valence-corrected chi connectivity index (χ3v) is 4.27. The summed E-state index contributed by atoms with van der Waals surface area (Å²) in [5, 5.41) is 12.9. The molecule has 0 saturated carbocycles. The number of carbonyl (C=O) groups excluding carboxylic acids is 1. The van der Waals surface area contributed by atoms with E-state index in [1.807, 2.05) is 30.3 Å². The number of amides is 1. The Bertz CT molecular complexity index is 678. The van der Waals surface area contributed by atoms with Crippen molar-refractivity contribution in [2.45, 2.75) is 17.4 Å². The maximum atomic E-state index is 13.7. The molecule has 2 aromatic rings. The Morgan fingerprint density at radius 3 is 2.57 bits per heavy atom. The van der Waals surface area contributed by atoms with Gasteiger partial charge in [0.1, 0.15) is 17.2 Å². The Morgan fingerprint density at radius 1 is 1.22 bits per heavy atom. The van der Waals surface area contributed by atoms with Crippen LogP contribution in [0.3, 0.4) is 0 Å². The SMILES string of the molecule is CC(O)(CNC(=O)CSc1ccccc1)c1ccc(F)cc1F. The molecule has 2 N–H and O–H groups in total. The zero-order chi connectivity index (χ0) is 16.9. The Balaban J connectivity index is 1.89. The summed E-state index contributed by atoms with van der Waals surface area (Å²) in [6.45, 7) is 1.21. The standard InChI is InChI=1S/C17H17F2NO2S/c1-17(22,14-8-7-12(18)9-15(14)19)11-20-16(21)10-23-13-5-3-2-4-6-13/h2-9,22H,10-11H2,1H3,(H,20,21). The normalized spacial score (nSPS) is 13.4. The molecule has 3 nitrogen and oxygen atoms in total. The molecule has 0 aliphatic rings. The highest BCUT2D eigenvalue weighted by molar-refractivity contribution is 8.00. The van der Waals surface area contributed by atoms with Crippen LogP contribution in [0.1, 0.15) is 12.5 Å². The summed E-state index contributed by atoms with van der Waals surface area (Å²) in [7, 11) is 0. The van der Waals surface area contributed by atoms with Crippen LogP contribution >= 0.6 is 11.8 Å². The van der Waals surface area contributed by atoms with E-state index in [9.17, 15) is 18.7 Å². The lowest BCUT2D eigenvalue weighted by atomic mass is 9.95. The number of halogens is 2. The second-order valence-electron chi connectivity index (χ2n) is 5.28. The van der Waals surface area contributed by atoms with Gasteiger partial charge >= 0.3 is 0 Å². The first-order valence-electron chi connectivity index (χ1n) is 7.01. The van der Waals surface area contributed by atoms with E-state index < -0.39 is 17.2 Å². The van der Waals surface area contributed by atoms with E-state index in [4.69, 9.17) is 0 Å². The van der Waals surface area contributed by atoms with Crippen molar-refractivity contribution in [1.29, 1.82) is 0 Å². The molecule has 6 heteroatoms. The van der Waals surface area contributed by atoms with E-state index >= 15 is 0 Å². The molecule has 23 heavy (non-hydrogen) atoms. The van der Waals surface area contributed by atoms with Gasteiger partial charge in [-0.25, -0.2) is 8.78 Å². The van der Waals surface area contributed by atoms with Crippen molar-refractivity contribution in [3.63, 3.8) is 0 Å². The molecule has 0 radical (unpaired) electrons. The van der Waals surface area contributed by atoms with Crippen molar-refractivity contribution in [1.82, 2.24) is 5.32 Å². The topological polar surface area (TPSA) is 49.3 Å². The molecular formula is C17H17F2NO2S. The van der Waals surface area contributed by atoms with Crippen molar-refractivity contribution >= 4 is 17.7 Å². The first-order chi connectivity index (χ1) is 10.9. The van der Waals surface area contributed by atoms with Crippen LogP contribution in [0.2, 0.25) is 0 Å². The third kappa shape index (κ3) is 5.04. The fourth-order valence-corrected chi connectivity index (χ4v) is 2.76. The highest BCUT2D eigenvalue weighted by Crippen LogP contribution is 2.23. The summed E-state index contributed by atoms with van der Waals surface area (Å²) < 4.78 is 26.6. The average molecular weight is 337 g/mol. The molecule has 0 aromatic heterocycles. The molecule has 0 aliphatic heterocycles. The van der Waals surface area contributed by atoms with Gasteiger partial charge in [0, 0.05) is 16.5 Å². The molecule has 1 amide bonds. The second-order valence-corrected chi connectivity index (χ2v) is 6.33. The van der Waals surface area contributed by atoms with Crippen molar-refractivity contribution in [3.8, 4) is 0 Å². The quantitative estimate of drug-likeness (QED) is 0.797. The predicted octanol–water partition coefficient (Wildman–Crippen LogP) is 3.08. The summed E-state index contributed by atoms with van der Waals surface area (Å²) in [5.41, 5.74) is -1.68. The molecule has 1 atom stereocenters. The molecule has 2 rings (SSSR count). The molecule has 0 saturated heterocycles. The number of thioether (sulfide) groups is 1. The van der Waals surface area contributed by atoms with Crippen LogP contribution in [0.4, 0.5) is 8.78 Å². The first-order valence-corrected chi connectivity index (χ1v) is 7.99. The Labute approximate surface area is 137 Å². The number of nitrogens with one attached hydrogen (secondary N) is 1. The van der Waals surface area contributed by atoms with Crippen molar-refractivity contribution in [2.75, 3.05) is 12.3 Å². The first kappa shape index (κ1) is 17.4. The lowest BCUT2D eigenvalue weighted by Gasteiger charge is -2.24. The number of hydrogen-bond donors (Lipinski definition) is 2. The Kier molecular flexibility index (Phi) is 5.74. The fourth-order valence-electron chi connectivity index (χ4n) is 2.01. The molecule has 0 heterocycles. The smallest absolute Gasteiger partial charge is 0.230 e. The van der Waals surface area contributed by atoms with E-state index in [1.165, 1.54) is 24.8 Å². The highest BCUT2D eigenvalue weighted by atomic mass is 32.2. The predicted molar refractivity (Wildman–Crippen MR) is 86.1 cm³/mol. The lowest BCUT2D eigenvalue weighted by molar-refractivity contribution is -0.119. The number of benzene rings is 2. The van der Waals surface area contributed by atoms with Crippen molar-refractivity contribution < 1.29 is 18.7 Å². The number of hydrogen-bond acceptors (Lipinski definition) is 3. The van der Waals surface area contributed by atoms with Crippen molar-refractivity contribution in [3.05, 3.63) is 65.7 Å². The molecule has 122 valence electrons. The van der Waals surface area contributed by atoms with Crippen LogP contribution in [0.25, 0.3) is 0 Å². The third-order valence-electron chi connectivity index (χ3n) is 3.25. The maximum absolute atomic E-state index is 13.7. The highest BCUT2D eigenvalue weighted by Gasteiger charge is 2.27. The summed E-state index contributed by atoms with van der Waals surface area (Å²) in [4.78, 5) is 12.8. The molecule has 0 spiro atoms. The van der Waals surface area contributed by atoms with E-state index in [0.717, 1.165) is 11.0 Å². The minimum Gasteiger partial charge on any atom is -0.383 e. The monoisotopic (exact) mass is 337 g/mol. The maximum Gasteiger partial charge on any atom is 0.230 e. The van der Waals surface area contributed by atoms with E-state index in [0.29, 0.717) is 6.07 Å². The van der Waals surface area contributed by atoms with Crippen LogP contribution in [0.5, 0.6) is 0 Å². The van der Waals surface area contributed by atoms with E-state index in [-0.39, 0.29) is 23.8 Å². The number of carbonyl (C=O) groups is 1. The zero-order valence-electron chi connectivity index (χ0n) is 12.6. The molecule has 2 aromatic carbocycles. The van der Waals surface area contributed by atoms with Gasteiger partial charge in [0.05, 0.1) is 12.3 Å². The van der Waals surface area contributed by atoms with Crippen LogP contribution in [-0.2, 0) is 10.4 Å². The number of aliphatic hydroxyl groups is 1. The van der Waals surface area contributed by atoms with Gasteiger partial charge in [-0.15, -0.1) is 11.8 Å². The van der Waals surface area contributed by atoms with Crippen LogP contribution in [0.15, 0.2) is 53.4 Å². The molecule has 0 bridgehead atoms. The molecule has 0 aliphatic carbocycles. The molecule has 1 unspecified atom stereocenters. The number of rotatable bonds is 6. The van der Waals surface area contributed by atoms with Gasteiger partial charge in [-0.3, -0.25) is 4.79 Å². The zero-order valence-corrected chi connectivity index (χ0v) is 13.4. The van der Waals surface area contributed by atoms with Crippen molar-refractivity contribution in [2.24, 2.45) is 0 Å². The van der Waals surface area contributed by atoms with Gasteiger partial charge in [0.15, 0.2) is 0 Å². The van der Waals surface area contributed by atoms with Crippen LogP contribution in [0, 0.1) is 11.6 Å². The van der Waals surface area contributed by atoms with Crippen LogP contribution < -0.4 is 5.32 Å². The molecule has 0 fully saturated rings. The van der Waals surface area contributed by atoms with E-state index in [1.54, 1.807) is 0 Å². The van der Waals surface area contributed by atoms with Gasteiger partial charge in [-0.05, 0) is 25.1 Å². The van der Waals surface area contributed by atoms with Gasteiger partial charge in [0.25, 0.3) is 0 Å².